The fraction of sp³-hybridized carbons (Fsp3) is 0.389. The van der Waals surface area contributed by atoms with E-state index in [-0.39, 0.29) is 5.54 Å². The van der Waals surface area contributed by atoms with Gasteiger partial charge in [0.25, 0.3) is 0 Å². The second kappa shape index (κ2) is 5.87. The molecule has 4 rings (SSSR count). The Hall–Kier alpha value is -2.47. The van der Waals surface area contributed by atoms with E-state index in [1.54, 1.807) is 0 Å². The fourth-order valence-electron chi connectivity index (χ4n) is 3.21. The van der Waals surface area contributed by atoms with Gasteiger partial charge in [-0.1, -0.05) is 6.07 Å². The van der Waals surface area contributed by atoms with Gasteiger partial charge in [-0.3, -0.25) is 4.99 Å². The maximum Gasteiger partial charge on any atom is 0.227 e. The van der Waals surface area contributed by atoms with Gasteiger partial charge in [0.1, 0.15) is 5.82 Å². The van der Waals surface area contributed by atoms with Crippen molar-refractivity contribution >= 4 is 23.7 Å². The standard InChI is InChI=1S/C18H22N6/c1-18(2)12-24(8-7-21-18)17-20-6-5-16(23-17)22-15-4-3-13-10-19-11-14(13)9-15/h3-6,9,11,21H,7-8,10,12H2,1-2H3,(H,20,22,23). The molecule has 0 bridgehead atoms. The number of aliphatic imine (C=N–C) groups is 1. The lowest BCUT2D eigenvalue weighted by Gasteiger charge is -2.39. The molecule has 6 nitrogen and oxygen atoms in total. The Morgan fingerprint density at radius 1 is 1.25 bits per heavy atom. The maximum absolute atomic E-state index is 4.69. The smallest absolute Gasteiger partial charge is 0.227 e. The topological polar surface area (TPSA) is 65.4 Å². The van der Waals surface area contributed by atoms with Gasteiger partial charge in [-0.2, -0.15) is 4.98 Å². The van der Waals surface area contributed by atoms with Gasteiger partial charge < -0.3 is 15.5 Å². The van der Waals surface area contributed by atoms with Crippen LogP contribution in [-0.4, -0.2) is 41.4 Å². The zero-order valence-electron chi connectivity index (χ0n) is 14.1. The van der Waals surface area contributed by atoms with E-state index in [2.05, 4.69) is 57.6 Å². The molecular formula is C18H22N6. The highest BCUT2D eigenvalue weighted by molar-refractivity contribution is 5.86. The Balaban J connectivity index is 1.53. The van der Waals surface area contributed by atoms with E-state index in [4.69, 9.17) is 4.98 Å². The molecule has 0 amide bonds. The van der Waals surface area contributed by atoms with Crippen LogP contribution in [-0.2, 0) is 6.54 Å². The zero-order valence-corrected chi connectivity index (χ0v) is 14.1. The van der Waals surface area contributed by atoms with Crippen molar-refractivity contribution in [3.63, 3.8) is 0 Å². The van der Waals surface area contributed by atoms with Crippen molar-refractivity contribution in [2.24, 2.45) is 4.99 Å². The van der Waals surface area contributed by atoms with Crippen molar-refractivity contribution in [3.8, 4) is 0 Å². The van der Waals surface area contributed by atoms with Gasteiger partial charge in [0.15, 0.2) is 0 Å². The Kier molecular flexibility index (Phi) is 3.69. The fourth-order valence-corrected chi connectivity index (χ4v) is 3.21. The highest BCUT2D eigenvalue weighted by Gasteiger charge is 2.27. The third-order valence-corrected chi connectivity index (χ3v) is 4.41. The van der Waals surface area contributed by atoms with Crippen LogP contribution >= 0.6 is 0 Å². The Morgan fingerprint density at radius 3 is 3.04 bits per heavy atom. The van der Waals surface area contributed by atoms with E-state index < -0.39 is 0 Å². The van der Waals surface area contributed by atoms with E-state index >= 15 is 0 Å². The number of aromatic nitrogens is 2. The van der Waals surface area contributed by atoms with Crippen molar-refractivity contribution in [2.45, 2.75) is 25.9 Å². The summed E-state index contributed by atoms with van der Waals surface area (Å²) in [6.07, 6.45) is 3.74. The summed E-state index contributed by atoms with van der Waals surface area (Å²) in [7, 11) is 0. The molecule has 1 fully saturated rings. The molecule has 2 aliphatic rings. The summed E-state index contributed by atoms with van der Waals surface area (Å²) in [6, 6.07) is 8.20. The van der Waals surface area contributed by atoms with Crippen LogP contribution in [0.15, 0.2) is 35.5 Å². The molecule has 0 radical (unpaired) electrons. The first-order valence-corrected chi connectivity index (χ1v) is 8.32. The summed E-state index contributed by atoms with van der Waals surface area (Å²) in [4.78, 5) is 15.7. The number of benzene rings is 1. The molecule has 1 saturated heterocycles. The van der Waals surface area contributed by atoms with Crippen LogP contribution in [0.2, 0.25) is 0 Å². The molecule has 1 aromatic carbocycles. The molecule has 124 valence electrons. The van der Waals surface area contributed by atoms with Gasteiger partial charge in [-0.25, -0.2) is 4.98 Å². The van der Waals surface area contributed by atoms with Gasteiger partial charge in [0, 0.05) is 43.3 Å². The summed E-state index contributed by atoms with van der Waals surface area (Å²) in [5.41, 5.74) is 3.54. The summed E-state index contributed by atoms with van der Waals surface area (Å²) in [5.74, 6) is 1.59. The lowest BCUT2D eigenvalue weighted by Crippen LogP contribution is -2.57. The first-order chi connectivity index (χ1) is 11.6. The third kappa shape index (κ3) is 3.10. The minimum atomic E-state index is 0.0738. The predicted molar refractivity (Wildman–Crippen MR) is 97.3 cm³/mol. The lowest BCUT2D eigenvalue weighted by atomic mass is 10.0. The van der Waals surface area contributed by atoms with Crippen molar-refractivity contribution in [3.05, 3.63) is 41.6 Å². The van der Waals surface area contributed by atoms with E-state index in [1.165, 1.54) is 11.1 Å². The van der Waals surface area contributed by atoms with E-state index in [0.29, 0.717) is 0 Å². The van der Waals surface area contributed by atoms with Crippen LogP contribution in [0.3, 0.4) is 0 Å². The Bertz CT molecular complexity index is 783. The predicted octanol–water partition coefficient (Wildman–Crippen LogP) is 2.34. The number of rotatable bonds is 3. The molecular weight excluding hydrogens is 300 g/mol. The molecule has 0 aliphatic carbocycles. The number of fused-ring (bicyclic) bond motifs is 1. The van der Waals surface area contributed by atoms with Crippen LogP contribution in [0.1, 0.15) is 25.0 Å². The molecule has 1 aromatic heterocycles. The van der Waals surface area contributed by atoms with Crippen LogP contribution in [0, 0.1) is 0 Å². The number of anilines is 3. The van der Waals surface area contributed by atoms with Crippen molar-refractivity contribution < 1.29 is 0 Å². The summed E-state index contributed by atoms with van der Waals surface area (Å²) in [5, 5.41) is 6.89. The average molecular weight is 322 g/mol. The lowest BCUT2D eigenvalue weighted by molar-refractivity contribution is 0.350. The number of nitrogens with one attached hydrogen (secondary N) is 2. The SMILES string of the molecule is CC1(C)CN(c2nccc(Nc3ccc4c(c3)C=NC4)n2)CCN1. The highest BCUT2D eigenvalue weighted by Crippen LogP contribution is 2.23. The quantitative estimate of drug-likeness (QED) is 0.908. The summed E-state index contributed by atoms with van der Waals surface area (Å²) >= 11 is 0. The zero-order chi connectivity index (χ0) is 16.6. The van der Waals surface area contributed by atoms with Crippen LogP contribution in [0.25, 0.3) is 0 Å². The molecule has 0 saturated carbocycles. The monoisotopic (exact) mass is 322 g/mol. The number of piperazine rings is 1. The Labute approximate surface area is 142 Å². The number of hydrogen-bond donors (Lipinski definition) is 2. The summed E-state index contributed by atoms with van der Waals surface area (Å²) in [6.45, 7) is 7.94. The number of nitrogens with zero attached hydrogens (tertiary/aromatic N) is 4. The van der Waals surface area contributed by atoms with Crippen LogP contribution in [0.5, 0.6) is 0 Å². The minimum absolute atomic E-state index is 0.0738. The van der Waals surface area contributed by atoms with Gasteiger partial charge in [0.2, 0.25) is 5.95 Å². The molecule has 0 spiro atoms. The molecule has 6 heteroatoms. The van der Waals surface area contributed by atoms with E-state index in [1.807, 2.05) is 18.5 Å². The van der Waals surface area contributed by atoms with Gasteiger partial charge in [0.05, 0.1) is 6.54 Å². The molecule has 0 atom stereocenters. The minimum Gasteiger partial charge on any atom is -0.340 e. The van der Waals surface area contributed by atoms with Crippen LogP contribution in [0.4, 0.5) is 17.5 Å². The Morgan fingerprint density at radius 2 is 2.17 bits per heavy atom. The summed E-state index contributed by atoms with van der Waals surface area (Å²) < 4.78 is 0. The molecule has 2 aliphatic heterocycles. The van der Waals surface area contributed by atoms with Crippen molar-refractivity contribution in [2.75, 3.05) is 29.9 Å². The van der Waals surface area contributed by atoms with Gasteiger partial charge >= 0.3 is 0 Å². The molecule has 2 aromatic rings. The maximum atomic E-state index is 4.69. The molecule has 24 heavy (non-hydrogen) atoms. The molecule has 2 N–H and O–H groups in total. The number of hydrogen-bond acceptors (Lipinski definition) is 6. The van der Waals surface area contributed by atoms with Crippen molar-refractivity contribution in [1.82, 2.24) is 15.3 Å². The second-order valence-corrected chi connectivity index (χ2v) is 6.98. The highest BCUT2D eigenvalue weighted by atomic mass is 15.3. The van der Waals surface area contributed by atoms with Crippen LogP contribution < -0.4 is 15.5 Å². The normalized spacial score (nSPS) is 18.5. The molecule has 3 heterocycles. The molecule has 0 unspecified atom stereocenters. The first kappa shape index (κ1) is 15.1. The average Bonchev–Trinajstić information content (AvgIpc) is 3.02. The van der Waals surface area contributed by atoms with Gasteiger partial charge in [-0.15, -0.1) is 0 Å². The van der Waals surface area contributed by atoms with Gasteiger partial charge in [-0.05, 0) is 43.2 Å². The van der Waals surface area contributed by atoms with Crippen molar-refractivity contribution in [1.29, 1.82) is 0 Å². The first-order valence-electron chi connectivity index (χ1n) is 8.32. The van der Waals surface area contributed by atoms with E-state index in [9.17, 15) is 0 Å². The largest absolute Gasteiger partial charge is 0.340 e. The second-order valence-electron chi connectivity index (χ2n) is 6.98. The third-order valence-electron chi connectivity index (χ3n) is 4.41. The van der Waals surface area contributed by atoms with E-state index in [0.717, 1.165) is 43.6 Å².